The Morgan fingerprint density at radius 3 is 1.79 bits per heavy atom. The SMILES string of the molecule is CC(O)CO.O=C(O)C=C(C1C=Cc2ccccc21)C1C=Cc2ccccc21. The molecular formula is C24H24O4. The summed E-state index contributed by atoms with van der Waals surface area (Å²) in [5.41, 5.74) is 5.61. The molecule has 2 aliphatic rings. The lowest BCUT2D eigenvalue weighted by molar-refractivity contribution is -0.131. The summed E-state index contributed by atoms with van der Waals surface area (Å²) in [4.78, 5) is 11.4. The second-order valence-electron chi connectivity index (χ2n) is 6.95. The number of hydrogen-bond donors (Lipinski definition) is 3. The fourth-order valence-corrected chi connectivity index (χ4v) is 3.60. The third-order valence-corrected chi connectivity index (χ3v) is 4.87. The first kappa shape index (κ1) is 19.8. The normalized spacial score (nSPS) is 19.2. The largest absolute Gasteiger partial charge is 0.478 e. The van der Waals surface area contributed by atoms with Crippen LogP contribution in [0.15, 0.2) is 72.3 Å². The summed E-state index contributed by atoms with van der Waals surface area (Å²) < 4.78 is 0. The lowest BCUT2D eigenvalue weighted by Crippen LogP contribution is -2.08. The van der Waals surface area contributed by atoms with Crippen molar-refractivity contribution in [3.05, 3.63) is 94.6 Å². The second-order valence-corrected chi connectivity index (χ2v) is 6.95. The van der Waals surface area contributed by atoms with Gasteiger partial charge in [-0.15, -0.1) is 0 Å². The van der Waals surface area contributed by atoms with E-state index in [1.165, 1.54) is 35.3 Å². The number of benzene rings is 2. The number of carboxylic acids is 1. The maximum absolute atomic E-state index is 11.4. The fourth-order valence-electron chi connectivity index (χ4n) is 3.60. The van der Waals surface area contributed by atoms with E-state index in [2.05, 4.69) is 48.6 Å². The molecule has 3 unspecified atom stereocenters. The zero-order valence-electron chi connectivity index (χ0n) is 15.7. The Bertz CT molecular complexity index is 874. The van der Waals surface area contributed by atoms with Crippen molar-refractivity contribution in [1.82, 2.24) is 0 Å². The van der Waals surface area contributed by atoms with Crippen LogP contribution >= 0.6 is 0 Å². The predicted octanol–water partition coefficient (Wildman–Crippen LogP) is 3.98. The lowest BCUT2D eigenvalue weighted by Gasteiger charge is -2.21. The van der Waals surface area contributed by atoms with Gasteiger partial charge in [0, 0.05) is 17.9 Å². The first-order valence-corrected chi connectivity index (χ1v) is 9.29. The first-order chi connectivity index (χ1) is 13.5. The van der Waals surface area contributed by atoms with Crippen LogP contribution in [-0.2, 0) is 4.79 Å². The van der Waals surface area contributed by atoms with E-state index in [4.69, 9.17) is 10.2 Å². The third kappa shape index (κ3) is 4.30. The van der Waals surface area contributed by atoms with E-state index in [1.807, 2.05) is 24.3 Å². The van der Waals surface area contributed by atoms with E-state index in [0.29, 0.717) is 0 Å². The van der Waals surface area contributed by atoms with Crippen LogP contribution in [0.3, 0.4) is 0 Å². The van der Waals surface area contributed by atoms with Gasteiger partial charge in [0.25, 0.3) is 0 Å². The van der Waals surface area contributed by atoms with E-state index in [1.54, 1.807) is 0 Å². The smallest absolute Gasteiger partial charge is 0.328 e. The molecule has 0 aromatic heterocycles. The van der Waals surface area contributed by atoms with Gasteiger partial charge in [-0.2, -0.15) is 0 Å². The van der Waals surface area contributed by atoms with E-state index in [0.717, 1.165) is 5.57 Å². The van der Waals surface area contributed by atoms with Gasteiger partial charge >= 0.3 is 5.97 Å². The van der Waals surface area contributed by atoms with Crippen LogP contribution in [-0.4, -0.2) is 34.0 Å². The van der Waals surface area contributed by atoms with E-state index < -0.39 is 12.1 Å². The van der Waals surface area contributed by atoms with E-state index in [-0.39, 0.29) is 18.4 Å². The molecule has 28 heavy (non-hydrogen) atoms. The topological polar surface area (TPSA) is 77.8 Å². The number of aliphatic hydroxyl groups excluding tert-OH is 2. The molecule has 4 heteroatoms. The van der Waals surface area contributed by atoms with Crippen molar-refractivity contribution in [3.63, 3.8) is 0 Å². The Balaban J connectivity index is 0.000000403. The minimum absolute atomic E-state index is 0.0168. The summed E-state index contributed by atoms with van der Waals surface area (Å²) in [6.07, 6.45) is 9.20. The molecule has 2 aliphatic carbocycles. The Morgan fingerprint density at radius 2 is 1.39 bits per heavy atom. The molecule has 0 heterocycles. The molecule has 3 N–H and O–H groups in total. The molecule has 4 nitrogen and oxygen atoms in total. The van der Waals surface area contributed by atoms with Gasteiger partial charge in [0.1, 0.15) is 0 Å². The highest BCUT2D eigenvalue weighted by molar-refractivity contribution is 5.83. The number of allylic oxidation sites excluding steroid dienone is 3. The Hall–Kier alpha value is -2.95. The molecule has 0 radical (unpaired) electrons. The molecule has 3 atom stereocenters. The molecule has 0 fully saturated rings. The third-order valence-electron chi connectivity index (χ3n) is 4.87. The molecule has 0 bridgehead atoms. The zero-order valence-corrected chi connectivity index (χ0v) is 15.7. The van der Waals surface area contributed by atoms with Gasteiger partial charge < -0.3 is 15.3 Å². The van der Waals surface area contributed by atoms with Crippen molar-refractivity contribution in [2.24, 2.45) is 0 Å². The van der Waals surface area contributed by atoms with Crippen molar-refractivity contribution >= 4 is 18.1 Å². The molecule has 4 rings (SSSR count). The molecule has 0 aliphatic heterocycles. The van der Waals surface area contributed by atoms with Gasteiger partial charge in [-0.25, -0.2) is 4.79 Å². The summed E-state index contributed by atoms with van der Waals surface area (Å²) in [5, 5.41) is 25.4. The maximum Gasteiger partial charge on any atom is 0.328 e. The maximum atomic E-state index is 11.4. The van der Waals surface area contributed by atoms with Crippen molar-refractivity contribution in [3.8, 4) is 0 Å². The Morgan fingerprint density at radius 1 is 0.964 bits per heavy atom. The van der Waals surface area contributed by atoms with Crippen LogP contribution < -0.4 is 0 Å². The molecule has 0 spiro atoms. The van der Waals surface area contributed by atoms with Crippen LogP contribution in [0.1, 0.15) is 41.0 Å². The van der Waals surface area contributed by atoms with Gasteiger partial charge in [0.15, 0.2) is 0 Å². The number of carbonyl (C=O) groups is 1. The number of carboxylic acid groups (broad SMARTS) is 1. The van der Waals surface area contributed by atoms with Crippen LogP contribution in [0.2, 0.25) is 0 Å². The van der Waals surface area contributed by atoms with Crippen LogP contribution in [0.5, 0.6) is 0 Å². The molecule has 0 saturated heterocycles. The van der Waals surface area contributed by atoms with E-state index >= 15 is 0 Å². The highest BCUT2D eigenvalue weighted by Gasteiger charge is 2.29. The number of aliphatic carboxylic acids is 1. The van der Waals surface area contributed by atoms with Crippen molar-refractivity contribution < 1.29 is 20.1 Å². The number of hydrogen-bond acceptors (Lipinski definition) is 3. The number of fused-ring (bicyclic) bond motifs is 2. The molecule has 0 saturated carbocycles. The highest BCUT2D eigenvalue weighted by Crippen LogP contribution is 2.45. The second kappa shape index (κ2) is 8.83. The quantitative estimate of drug-likeness (QED) is 0.706. The van der Waals surface area contributed by atoms with Gasteiger partial charge in [-0.3, -0.25) is 0 Å². The van der Waals surface area contributed by atoms with Gasteiger partial charge in [-0.05, 0) is 34.8 Å². The first-order valence-electron chi connectivity index (χ1n) is 9.29. The van der Waals surface area contributed by atoms with Crippen molar-refractivity contribution in [1.29, 1.82) is 0 Å². The molecule has 0 amide bonds. The summed E-state index contributed by atoms with van der Waals surface area (Å²) in [6.45, 7) is 1.39. The minimum atomic E-state index is -0.893. The van der Waals surface area contributed by atoms with Gasteiger partial charge in [-0.1, -0.05) is 72.8 Å². The Kier molecular flexibility index (Phi) is 6.24. The molecule has 144 valence electrons. The van der Waals surface area contributed by atoms with E-state index in [9.17, 15) is 9.90 Å². The highest BCUT2D eigenvalue weighted by atomic mass is 16.4. The van der Waals surface area contributed by atoms with Crippen LogP contribution in [0.4, 0.5) is 0 Å². The minimum Gasteiger partial charge on any atom is -0.478 e. The van der Waals surface area contributed by atoms with Crippen molar-refractivity contribution in [2.75, 3.05) is 6.61 Å². The summed E-state index contributed by atoms with van der Waals surface area (Å²) in [7, 11) is 0. The lowest BCUT2D eigenvalue weighted by atomic mass is 9.81. The summed E-state index contributed by atoms with van der Waals surface area (Å²) in [5.74, 6) is -0.859. The molecule has 2 aromatic carbocycles. The van der Waals surface area contributed by atoms with Crippen molar-refractivity contribution in [2.45, 2.75) is 24.9 Å². The average Bonchev–Trinajstić information content (AvgIpc) is 3.31. The number of aliphatic hydroxyl groups is 2. The van der Waals surface area contributed by atoms with Gasteiger partial charge in [0.05, 0.1) is 12.7 Å². The van der Waals surface area contributed by atoms with Crippen LogP contribution in [0, 0.1) is 0 Å². The predicted molar refractivity (Wildman–Crippen MR) is 111 cm³/mol. The number of rotatable bonds is 4. The summed E-state index contributed by atoms with van der Waals surface area (Å²) in [6, 6.07) is 16.4. The van der Waals surface area contributed by atoms with Crippen LogP contribution in [0.25, 0.3) is 12.2 Å². The standard InChI is InChI=1S/C21H16O2.C3H8O2/c22-21(23)13-20(18-11-9-14-5-1-3-7-16(14)18)19-12-10-15-6-2-4-8-17(15)19;1-3(5)2-4/h1-13,18-19H,(H,22,23);3-5H,2H2,1H3. The summed E-state index contributed by atoms with van der Waals surface area (Å²) >= 11 is 0. The zero-order chi connectivity index (χ0) is 20.1. The van der Waals surface area contributed by atoms with Gasteiger partial charge in [0.2, 0.25) is 0 Å². The Labute approximate surface area is 164 Å². The molecular weight excluding hydrogens is 352 g/mol. The average molecular weight is 376 g/mol. The monoisotopic (exact) mass is 376 g/mol. The fraction of sp³-hybridized carbons (Fsp3) is 0.208. The molecule has 2 aromatic rings.